The summed E-state index contributed by atoms with van der Waals surface area (Å²) in [5.41, 5.74) is 3.89. The van der Waals surface area contributed by atoms with Crippen molar-refractivity contribution in [1.82, 2.24) is 25.3 Å². The van der Waals surface area contributed by atoms with E-state index in [2.05, 4.69) is 39.5 Å². The third-order valence-electron chi connectivity index (χ3n) is 7.10. The number of carbonyl (C=O) groups is 1. The van der Waals surface area contributed by atoms with Crippen LogP contribution in [0.1, 0.15) is 56.3 Å². The molecule has 7 nitrogen and oxygen atoms in total. The molecule has 5 rings (SSSR count). The lowest BCUT2D eigenvalue weighted by atomic mass is 9.92. The molecule has 7 heteroatoms. The predicted octanol–water partition coefficient (Wildman–Crippen LogP) is 4.10. The van der Waals surface area contributed by atoms with Crippen LogP contribution in [-0.2, 0) is 4.79 Å². The number of amides is 1. The fourth-order valence-electron chi connectivity index (χ4n) is 5.26. The first-order valence-corrected chi connectivity index (χ1v) is 11.9. The molecule has 0 bridgehead atoms. The topological polar surface area (TPSA) is 75.9 Å². The highest BCUT2D eigenvalue weighted by molar-refractivity contribution is 5.92. The molecule has 0 unspecified atom stereocenters. The first-order valence-electron chi connectivity index (χ1n) is 11.9. The Hall–Kier alpha value is -2.96. The zero-order valence-corrected chi connectivity index (χ0v) is 19.0. The van der Waals surface area contributed by atoms with E-state index in [4.69, 9.17) is 5.10 Å². The largest absolute Gasteiger partial charge is 0.353 e. The first-order chi connectivity index (χ1) is 15.6. The molecule has 3 heterocycles. The Kier molecular flexibility index (Phi) is 5.81. The molecule has 1 saturated carbocycles. The Balaban J connectivity index is 1.34. The normalized spacial score (nSPS) is 18.2. The van der Waals surface area contributed by atoms with Crippen molar-refractivity contribution in [3.05, 3.63) is 41.7 Å². The van der Waals surface area contributed by atoms with Gasteiger partial charge in [0, 0.05) is 25.0 Å². The number of anilines is 1. The van der Waals surface area contributed by atoms with Crippen molar-refractivity contribution < 1.29 is 4.79 Å². The van der Waals surface area contributed by atoms with E-state index < -0.39 is 0 Å². The van der Waals surface area contributed by atoms with Crippen LogP contribution < -0.4 is 10.2 Å². The quantitative estimate of drug-likeness (QED) is 0.672. The molecule has 168 valence electrons. The van der Waals surface area contributed by atoms with Crippen LogP contribution in [-0.4, -0.2) is 45.0 Å². The lowest BCUT2D eigenvalue weighted by Gasteiger charge is -2.33. The number of hydrogen-bond donors (Lipinski definition) is 1. The number of nitrogens with zero attached hydrogens (tertiary/aromatic N) is 5. The lowest BCUT2D eigenvalue weighted by Crippen LogP contribution is -2.44. The van der Waals surface area contributed by atoms with Gasteiger partial charge < -0.3 is 10.2 Å². The van der Waals surface area contributed by atoms with Crippen molar-refractivity contribution in [3.8, 4) is 5.69 Å². The number of benzene rings is 1. The first kappa shape index (κ1) is 20.9. The Bertz CT molecular complexity index is 1090. The summed E-state index contributed by atoms with van der Waals surface area (Å²) in [6.07, 6.45) is 7.72. The minimum Gasteiger partial charge on any atom is -0.353 e. The number of rotatable bonds is 4. The summed E-state index contributed by atoms with van der Waals surface area (Å²) >= 11 is 0. The van der Waals surface area contributed by atoms with Crippen molar-refractivity contribution in [3.63, 3.8) is 0 Å². The van der Waals surface area contributed by atoms with Crippen LogP contribution in [0.2, 0.25) is 0 Å². The number of nitrogens with one attached hydrogen (secondary N) is 1. The van der Waals surface area contributed by atoms with Gasteiger partial charge in [-0.2, -0.15) is 10.2 Å². The molecular weight excluding hydrogens is 400 g/mol. The van der Waals surface area contributed by atoms with E-state index in [1.54, 1.807) is 0 Å². The number of hydrogen-bond acceptors (Lipinski definition) is 5. The Morgan fingerprint density at radius 3 is 2.41 bits per heavy atom. The fourth-order valence-corrected chi connectivity index (χ4v) is 5.26. The minimum atomic E-state index is 0.0886. The molecule has 1 N–H and O–H groups in total. The molecule has 2 fully saturated rings. The number of para-hydroxylation sites is 1. The molecule has 0 atom stereocenters. The highest BCUT2D eigenvalue weighted by Gasteiger charge is 2.29. The average Bonchev–Trinajstić information content (AvgIpc) is 3.19. The molecule has 1 aliphatic heterocycles. The third-order valence-corrected chi connectivity index (χ3v) is 7.10. The summed E-state index contributed by atoms with van der Waals surface area (Å²) in [5.74, 6) is 1.15. The van der Waals surface area contributed by atoms with Crippen LogP contribution in [0, 0.1) is 19.8 Å². The maximum Gasteiger partial charge on any atom is 0.223 e. The second-order valence-corrected chi connectivity index (χ2v) is 9.27. The molecule has 1 amide bonds. The molecule has 1 aromatic carbocycles. The van der Waals surface area contributed by atoms with Gasteiger partial charge in [0.05, 0.1) is 22.5 Å². The van der Waals surface area contributed by atoms with Crippen molar-refractivity contribution in [2.75, 3.05) is 18.0 Å². The van der Waals surface area contributed by atoms with Crippen molar-refractivity contribution >= 4 is 22.6 Å². The van der Waals surface area contributed by atoms with Crippen LogP contribution in [0.25, 0.3) is 16.6 Å². The number of aryl methyl sites for hydroxylation is 2. The second kappa shape index (κ2) is 8.88. The molecule has 32 heavy (non-hydrogen) atoms. The summed E-state index contributed by atoms with van der Waals surface area (Å²) in [6, 6.07) is 10.6. The molecular formula is C25H32N6O. The van der Waals surface area contributed by atoms with Gasteiger partial charge in [0.1, 0.15) is 5.52 Å². The summed E-state index contributed by atoms with van der Waals surface area (Å²) in [7, 11) is 0. The van der Waals surface area contributed by atoms with Crippen molar-refractivity contribution in [2.24, 2.45) is 5.92 Å². The van der Waals surface area contributed by atoms with Gasteiger partial charge in [-0.3, -0.25) is 4.79 Å². The fraction of sp³-hybridized carbons (Fsp3) is 0.520. The monoisotopic (exact) mass is 432 g/mol. The van der Waals surface area contributed by atoms with Gasteiger partial charge in [-0.15, -0.1) is 5.10 Å². The Morgan fingerprint density at radius 1 is 0.969 bits per heavy atom. The second-order valence-electron chi connectivity index (χ2n) is 9.27. The Labute approximate surface area is 189 Å². The smallest absolute Gasteiger partial charge is 0.223 e. The van der Waals surface area contributed by atoms with Crippen LogP contribution in [0.3, 0.4) is 0 Å². The number of carbonyl (C=O) groups excluding carboxylic acids is 1. The maximum absolute atomic E-state index is 12.8. The van der Waals surface area contributed by atoms with Crippen molar-refractivity contribution in [2.45, 2.75) is 64.8 Å². The van der Waals surface area contributed by atoms with Gasteiger partial charge in [0.2, 0.25) is 5.91 Å². The van der Waals surface area contributed by atoms with E-state index in [9.17, 15) is 4.79 Å². The van der Waals surface area contributed by atoms with E-state index in [1.807, 2.05) is 29.8 Å². The van der Waals surface area contributed by atoms with Gasteiger partial charge in [-0.25, -0.2) is 4.68 Å². The van der Waals surface area contributed by atoms with E-state index in [0.717, 1.165) is 72.6 Å². The SMILES string of the molecule is Cc1nnc(N2CCC(C(=O)NC3CCCCC3)CC2)c2nn(-c3ccccc3)c(C)c12. The highest BCUT2D eigenvalue weighted by atomic mass is 16.1. The van der Waals surface area contributed by atoms with Crippen LogP contribution in [0.15, 0.2) is 30.3 Å². The van der Waals surface area contributed by atoms with Crippen LogP contribution >= 0.6 is 0 Å². The van der Waals surface area contributed by atoms with E-state index in [1.165, 1.54) is 19.3 Å². The van der Waals surface area contributed by atoms with Gasteiger partial charge in [0.25, 0.3) is 0 Å². The summed E-state index contributed by atoms with van der Waals surface area (Å²) in [5, 5.41) is 18.3. The predicted molar refractivity (Wildman–Crippen MR) is 126 cm³/mol. The van der Waals surface area contributed by atoms with Gasteiger partial charge in [-0.05, 0) is 51.7 Å². The molecule has 0 radical (unpaired) electrons. The molecule has 0 spiro atoms. The van der Waals surface area contributed by atoms with Crippen LogP contribution in [0.5, 0.6) is 0 Å². The highest BCUT2D eigenvalue weighted by Crippen LogP contribution is 2.31. The summed E-state index contributed by atoms with van der Waals surface area (Å²) < 4.78 is 1.98. The molecule has 2 aliphatic rings. The zero-order valence-electron chi connectivity index (χ0n) is 19.0. The van der Waals surface area contributed by atoms with E-state index >= 15 is 0 Å². The molecule has 1 aliphatic carbocycles. The number of fused-ring (bicyclic) bond motifs is 1. The van der Waals surface area contributed by atoms with Crippen LogP contribution in [0.4, 0.5) is 5.82 Å². The molecule has 2 aromatic heterocycles. The zero-order chi connectivity index (χ0) is 22.1. The minimum absolute atomic E-state index is 0.0886. The maximum atomic E-state index is 12.8. The van der Waals surface area contributed by atoms with Gasteiger partial charge in [-0.1, -0.05) is 37.5 Å². The number of piperidine rings is 1. The van der Waals surface area contributed by atoms with Gasteiger partial charge >= 0.3 is 0 Å². The lowest BCUT2D eigenvalue weighted by molar-refractivity contribution is -0.126. The average molecular weight is 433 g/mol. The Morgan fingerprint density at radius 2 is 1.69 bits per heavy atom. The standard InChI is InChI=1S/C25H32N6O/c1-17-22-18(2)31(21-11-7-4-8-12-21)29-23(22)24(28-27-17)30-15-13-19(14-16-30)25(32)26-20-9-5-3-6-10-20/h4,7-8,11-12,19-20H,3,5-6,9-10,13-16H2,1-2H3,(H,26,32). The van der Waals surface area contributed by atoms with Crippen molar-refractivity contribution in [1.29, 1.82) is 0 Å². The number of aromatic nitrogens is 4. The molecule has 1 saturated heterocycles. The van der Waals surface area contributed by atoms with E-state index in [0.29, 0.717) is 6.04 Å². The van der Waals surface area contributed by atoms with E-state index in [-0.39, 0.29) is 11.8 Å². The summed E-state index contributed by atoms with van der Waals surface area (Å²) in [6.45, 7) is 5.67. The van der Waals surface area contributed by atoms with Gasteiger partial charge in [0.15, 0.2) is 5.82 Å². The molecule has 3 aromatic rings. The third kappa shape index (κ3) is 3.96. The summed E-state index contributed by atoms with van der Waals surface area (Å²) in [4.78, 5) is 15.0.